The summed E-state index contributed by atoms with van der Waals surface area (Å²) < 4.78 is 10.6. The highest BCUT2D eigenvalue weighted by atomic mass is 16.5. The van der Waals surface area contributed by atoms with Gasteiger partial charge in [-0.3, -0.25) is 19.2 Å². The zero-order chi connectivity index (χ0) is 31.7. The number of benzene rings is 1. The minimum absolute atomic E-state index is 0.0607. The van der Waals surface area contributed by atoms with Crippen LogP contribution < -0.4 is 32.7 Å². The van der Waals surface area contributed by atoms with Gasteiger partial charge in [-0.1, -0.05) is 46.8 Å². The van der Waals surface area contributed by atoms with E-state index in [0.717, 1.165) is 5.56 Å². The summed E-state index contributed by atoms with van der Waals surface area (Å²) in [6, 6.07) is 4.27. The fourth-order valence-electron chi connectivity index (χ4n) is 3.65. The van der Waals surface area contributed by atoms with Gasteiger partial charge in [0, 0.05) is 25.2 Å². The molecule has 0 aliphatic heterocycles. The van der Waals surface area contributed by atoms with Crippen LogP contribution in [0.5, 0.6) is 0 Å². The maximum Gasteiger partial charge on any atom is 0.312 e. The highest BCUT2D eigenvalue weighted by molar-refractivity contribution is 5.98. The van der Waals surface area contributed by atoms with Crippen molar-refractivity contribution < 1.29 is 33.4 Å². The van der Waals surface area contributed by atoms with Crippen LogP contribution in [0.25, 0.3) is 0 Å². The zero-order valence-corrected chi connectivity index (χ0v) is 25.4. The van der Waals surface area contributed by atoms with Gasteiger partial charge in [0.1, 0.15) is 18.7 Å². The predicted molar refractivity (Wildman–Crippen MR) is 159 cm³/mol. The maximum atomic E-state index is 13.2. The van der Waals surface area contributed by atoms with Crippen molar-refractivity contribution in [2.24, 2.45) is 29.2 Å². The Balaban J connectivity index is 2.87. The topological polar surface area (TPSA) is 204 Å². The van der Waals surface area contributed by atoms with E-state index in [1.165, 1.54) is 0 Å². The second kappa shape index (κ2) is 19.4. The van der Waals surface area contributed by atoms with Crippen LogP contribution in [-0.2, 0) is 35.3 Å². The molecule has 0 fully saturated rings. The molecule has 0 spiro atoms. The largest absolute Gasteiger partial charge is 0.461 e. The van der Waals surface area contributed by atoms with Crippen LogP contribution in [0.1, 0.15) is 59.4 Å². The third-order valence-corrected chi connectivity index (χ3v) is 6.58. The Hall–Kier alpha value is -3.71. The van der Waals surface area contributed by atoms with E-state index >= 15 is 0 Å². The highest BCUT2D eigenvalue weighted by Gasteiger charge is 2.29. The van der Waals surface area contributed by atoms with Crippen molar-refractivity contribution >= 4 is 35.4 Å². The molecule has 3 atom stereocenters. The van der Waals surface area contributed by atoms with Crippen LogP contribution in [0.15, 0.2) is 24.3 Å². The molecule has 1 rings (SSSR count). The van der Waals surface area contributed by atoms with Gasteiger partial charge in [0.15, 0.2) is 0 Å². The molecule has 5 amide bonds. The van der Waals surface area contributed by atoms with Crippen LogP contribution in [0.4, 0.5) is 10.5 Å². The number of anilines is 1. The normalized spacial score (nSPS) is 13.1. The van der Waals surface area contributed by atoms with E-state index in [2.05, 4.69) is 21.3 Å². The fraction of sp³-hybridized carbons (Fsp3) is 0.621. The number of amides is 5. The number of primary amides is 1. The van der Waals surface area contributed by atoms with E-state index in [9.17, 15) is 24.0 Å². The van der Waals surface area contributed by atoms with Crippen LogP contribution in [0.2, 0.25) is 0 Å². The summed E-state index contributed by atoms with van der Waals surface area (Å²) in [7, 11) is 0. The predicted octanol–water partition coefficient (Wildman–Crippen LogP) is 1.40. The number of carbonyl (C=O) groups excluding carboxylic acids is 5. The number of urea groups is 1. The van der Waals surface area contributed by atoms with Crippen molar-refractivity contribution in [1.82, 2.24) is 16.0 Å². The van der Waals surface area contributed by atoms with E-state index in [-0.39, 0.29) is 62.2 Å². The third kappa shape index (κ3) is 14.3. The van der Waals surface area contributed by atoms with Gasteiger partial charge in [-0.05, 0) is 42.4 Å². The molecule has 0 aromatic heterocycles. The first kappa shape index (κ1) is 36.3. The Bertz CT molecular complexity index is 1020. The fourth-order valence-corrected chi connectivity index (χ4v) is 3.65. The van der Waals surface area contributed by atoms with Gasteiger partial charge < -0.3 is 42.2 Å². The summed E-state index contributed by atoms with van der Waals surface area (Å²) in [4.78, 5) is 61.9. The standard InChI is InChI=1S/C29H48N6O7/c1-18(2)20(5)28(39)42-17-21-8-10-22(11-9-21)33-26(37)23(7-6-14-32-29(31)40)34-27(38)25(19(3)4)35-24(36)12-15-41-16-13-30/h8-11,18-20,23,25H,6-7,12-17,30H2,1-5H3,(H,33,37)(H,34,38)(H,35,36)(H3,31,32,40)/t20?,23-,25-/m0/s1. The monoisotopic (exact) mass is 592 g/mol. The average Bonchev–Trinajstić information content (AvgIpc) is 2.94. The number of esters is 1. The molecule has 0 aliphatic carbocycles. The van der Waals surface area contributed by atoms with Crippen molar-refractivity contribution in [3.63, 3.8) is 0 Å². The van der Waals surface area contributed by atoms with Crippen molar-refractivity contribution in [3.05, 3.63) is 29.8 Å². The van der Waals surface area contributed by atoms with Gasteiger partial charge in [0.25, 0.3) is 0 Å². The van der Waals surface area contributed by atoms with Gasteiger partial charge in [0.2, 0.25) is 17.7 Å². The van der Waals surface area contributed by atoms with Crippen molar-refractivity contribution in [1.29, 1.82) is 0 Å². The minimum Gasteiger partial charge on any atom is -0.461 e. The molecule has 0 bridgehead atoms. The van der Waals surface area contributed by atoms with E-state index in [0.29, 0.717) is 25.3 Å². The van der Waals surface area contributed by atoms with Crippen molar-refractivity contribution in [3.8, 4) is 0 Å². The van der Waals surface area contributed by atoms with Gasteiger partial charge in [-0.15, -0.1) is 0 Å². The number of rotatable bonds is 19. The summed E-state index contributed by atoms with van der Waals surface area (Å²) in [5.41, 5.74) is 11.7. The Morgan fingerprint density at radius 2 is 1.55 bits per heavy atom. The van der Waals surface area contributed by atoms with E-state index in [4.69, 9.17) is 20.9 Å². The molecule has 8 N–H and O–H groups in total. The van der Waals surface area contributed by atoms with E-state index < -0.39 is 29.9 Å². The lowest BCUT2D eigenvalue weighted by molar-refractivity contribution is -0.150. The van der Waals surface area contributed by atoms with Gasteiger partial charge in [-0.25, -0.2) is 4.79 Å². The summed E-state index contributed by atoms with van der Waals surface area (Å²) in [5.74, 6) is -1.94. The molecular weight excluding hydrogens is 544 g/mol. The van der Waals surface area contributed by atoms with Crippen LogP contribution in [-0.4, -0.2) is 68.1 Å². The quantitative estimate of drug-likeness (QED) is 0.102. The first-order valence-electron chi connectivity index (χ1n) is 14.3. The van der Waals surface area contributed by atoms with Gasteiger partial charge >= 0.3 is 12.0 Å². The van der Waals surface area contributed by atoms with Crippen molar-refractivity contribution in [2.45, 2.75) is 72.6 Å². The SMILES string of the molecule is CC(C)C(C)C(=O)OCc1ccc(NC(=O)[C@H](CCCNC(N)=O)NC(=O)[C@@H](NC(=O)CCOCCN)C(C)C)cc1. The number of hydrogen-bond acceptors (Lipinski definition) is 8. The first-order chi connectivity index (χ1) is 19.8. The Labute approximate surface area is 248 Å². The molecule has 0 aliphatic rings. The lowest BCUT2D eigenvalue weighted by atomic mass is 9.99. The van der Waals surface area contributed by atoms with Crippen LogP contribution in [0, 0.1) is 17.8 Å². The number of hydrogen-bond donors (Lipinski definition) is 6. The Morgan fingerprint density at radius 1 is 0.881 bits per heavy atom. The molecular formula is C29H48N6O7. The third-order valence-electron chi connectivity index (χ3n) is 6.58. The first-order valence-corrected chi connectivity index (χ1v) is 14.3. The molecule has 0 heterocycles. The lowest BCUT2D eigenvalue weighted by Gasteiger charge is -2.25. The Kier molecular flexibility index (Phi) is 16.8. The second-order valence-corrected chi connectivity index (χ2v) is 10.8. The molecule has 0 radical (unpaired) electrons. The van der Waals surface area contributed by atoms with E-state index in [1.807, 2.05) is 20.8 Å². The molecule has 1 aromatic rings. The smallest absolute Gasteiger partial charge is 0.312 e. The van der Waals surface area contributed by atoms with Crippen molar-refractivity contribution in [2.75, 3.05) is 31.6 Å². The molecule has 13 heteroatoms. The zero-order valence-electron chi connectivity index (χ0n) is 25.4. The second-order valence-electron chi connectivity index (χ2n) is 10.8. The molecule has 1 unspecified atom stereocenters. The van der Waals surface area contributed by atoms with Gasteiger partial charge in [0.05, 0.1) is 19.1 Å². The van der Waals surface area contributed by atoms with Crippen LogP contribution in [0.3, 0.4) is 0 Å². The maximum absolute atomic E-state index is 13.2. The summed E-state index contributed by atoms with van der Waals surface area (Å²) in [6.45, 7) is 10.5. The molecule has 1 aromatic carbocycles. The average molecular weight is 593 g/mol. The number of nitrogens with two attached hydrogens (primary N) is 2. The summed E-state index contributed by atoms with van der Waals surface area (Å²) in [6.07, 6.45) is 0.619. The molecule has 42 heavy (non-hydrogen) atoms. The minimum atomic E-state index is -0.962. The van der Waals surface area contributed by atoms with E-state index in [1.54, 1.807) is 38.1 Å². The lowest BCUT2D eigenvalue weighted by Crippen LogP contribution is -2.54. The molecule has 0 saturated carbocycles. The van der Waals surface area contributed by atoms with Crippen LogP contribution >= 0.6 is 0 Å². The molecule has 0 saturated heterocycles. The summed E-state index contributed by atoms with van der Waals surface area (Å²) >= 11 is 0. The molecule has 236 valence electrons. The molecule has 13 nitrogen and oxygen atoms in total. The number of ether oxygens (including phenoxy) is 2. The Morgan fingerprint density at radius 3 is 2.12 bits per heavy atom. The summed E-state index contributed by atoms with van der Waals surface area (Å²) in [5, 5.41) is 10.7. The highest BCUT2D eigenvalue weighted by Crippen LogP contribution is 2.15. The van der Waals surface area contributed by atoms with Gasteiger partial charge in [-0.2, -0.15) is 0 Å². The number of nitrogens with one attached hydrogen (secondary N) is 4. The number of carbonyl (C=O) groups is 5.